The van der Waals surface area contributed by atoms with Gasteiger partial charge in [0, 0.05) is 12.3 Å². The van der Waals surface area contributed by atoms with E-state index in [1.54, 1.807) is 0 Å². The van der Waals surface area contributed by atoms with Crippen molar-refractivity contribution in [1.82, 2.24) is 10.8 Å². The van der Waals surface area contributed by atoms with Gasteiger partial charge in [-0.15, -0.1) is 6.42 Å². The fourth-order valence-electron chi connectivity index (χ4n) is 3.54. The number of hydrogen-bond acceptors (Lipinski definition) is 5. The predicted octanol–water partition coefficient (Wildman–Crippen LogP) is 2.44. The predicted molar refractivity (Wildman–Crippen MR) is 112 cm³/mol. The maximum atomic E-state index is 12.4. The van der Waals surface area contributed by atoms with Gasteiger partial charge in [0.1, 0.15) is 19.3 Å². The molecule has 1 unspecified atom stereocenters. The second kappa shape index (κ2) is 10.3. The highest BCUT2D eigenvalue weighted by Crippen LogP contribution is 2.44. The molecule has 0 aliphatic heterocycles. The molecule has 2 amide bonds. The lowest BCUT2D eigenvalue weighted by Crippen LogP contribution is -2.47. The van der Waals surface area contributed by atoms with Crippen molar-refractivity contribution in [2.45, 2.75) is 24.8 Å². The number of hydrogen-bond donors (Lipinski definition) is 3. The van der Waals surface area contributed by atoms with Gasteiger partial charge in [-0.2, -0.15) is 0 Å². The van der Waals surface area contributed by atoms with Gasteiger partial charge in [0.15, 0.2) is 0 Å². The molecule has 0 saturated carbocycles. The van der Waals surface area contributed by atoms with E-state index in [1.165, 1.54) is 0 Å². The molecule has 0 radical (unpaired) electrons. The van der Waals surface area contributed by atoms with E-state index in [9.17, 15) is 14.4 Å². The molecule has 31 heavy (non-hydrogen) atoms. The van der Waals surface area contributed by atoms with Gasteiger partial charge in [-0.05, 0) is 28.7 Å². The topological polar surface area (TPSA) is 114 Å². The second-order valence-corrected chi connectivity index (χ2v) is 6.91. The number of hydroxylamine groups is 1. The Morgan fingerprint density at radius 2 is 1.68 bits per heavy atom. The highest BCUT2D eigenvalue weighted by atomic mass is 16.6. The number of alkyl carbamates (subject to hydrolysis) is 1. The van der Waals surface area contributed by atoms with Crippen LogP contribution in [0.4, 0.5) is 4.79 Å². The van der Waals surface area contributed by atoms with Crippen LogP contribution in [0.15, 0.2) is 48.5 Å². The third-order valence-electron chi connectivity index (χ3n) is 4.93. The van der Waals surface area contributed by atoms with Crippen molar-refractivity contribution in [1.29, 1.82) is 0 Å². The van der Waals surface area contributed by atoms with Gasteiger partial charge in [-0.25, -0.2) is 10.3 Å². The van der Waals surface area contributed by atoms with E-state index < -0.39 is 24.0 Å². The van der Waals surface area contributed by atoms with Gasteiger partial charge in [0.25, 0.3) is 5.91 Å². The molecule has 8 nitrogen and oxygen atoms in total. The van der Waals surface area contributed by atoms with Gasteiger partial charge in [0.2, 0.25) is 0 Å². The van der Waals surface area contributed by atoms with Gasteiger partial charge in [-0.1, -0.05) is 54.5 Å². The van der Waals surface area contributed by atoms with Crippen molar-refractivity contribution in [2.75, 3.05) is 13.2 Å². The molecule has 2 aromatic carbocycles. The smallest absolute Gasteiger partial charge is 0.407 e. The third kappa shape index (κ3) is 5.41. The van der Waals surface area contributed by atoms with Crippen LogP contribution in [0.1, 0.15) is 29.9 Å². The molecule has 0 spiro atoms. The van der Waals surface area contributed by atoms with Gasteiger partial charge < -0.3 is 15.2 Å². The number of carbonyl (C=O) groups is 3. The van der Waals surface area contributed by atoms with Crippen molar-refractivity contribution in [2.24, 2.45) is 0 Å². The van der Waals surface area contributed by atoms with Crippen LogP contribution in [0, 0.1) is 12.3 Å². The summed E-state index contributed by atoms with van der Waals surface area (Å²) in [6.45, 7) is -0.0942. The Hall–Kier alpha value is -3.83. The molecule has 0 bridgehead atoms. The molecule has 160 valence electrons. The lowest BCUT2D eigenvalue weighted by molar-refractivity contribution is -0.138. The number of carboxylic acid groups (broad SMARTS) is 1. The van der Waals surface area contributed by atoms with E-state index in [0.29, 0.717) is 0 Å². The highest BCUT2D eigenvalue weighted by Gasteiger charge is 2.30. The van der Waals surface area contributed by atoms with E-state index in [4.69, 9.17) is 21.1 Å². The zero-order valence-electron chi connectivity index (χ0n) is 16.7. The van der Waals surface area contributed by atoms with Gasteiger partial charge >= 0.3 is 12.1 Å². The van der Waals surface area contributed by atoms with Crippen LogP contribution in [0.25, 0.3) is 11.1 Å². The average Bonchev–Trinajstić information content (AvgIpc) is 3.09. The molecule has 0 fully saturated rings. The summed E-state index contributed by atoms with van der Waals surface area (Å²) in [5.41, 5.74) is 6.39. The Bertz CT molecular complexity index is 968. The third-order valence-corrected chi connectivity index (χ3v) is 4.93. The number of nitrogens with one attached hydrogen (secondary N) is 2. The lowest BCUT2D eigenvalue weighted by Gasteiger charge is -2.19. The van der Waals surface area contributed by atoms with Crippen LogP contribution in [-0.2, 0) is 19.2 Å². The second-order valence-electron chi connectivity index (χ2n) is 6.91. The van der Waals surface area contributed by atoms with Crippen LogP contribution < -0.4 is 10.8 Å². The molecular formula is C23H22N2O6. The van der Waals surface area contributed by atoms with Crippen molar-refractivity contribution in [3.05, 3.63) is 59.7 Å². The van der Waals surface area contributed by atoms with E-state index in [2.05, 4.69) is 16.7 Å². The van der Waals surface area contributed by atoms with Crippen LogP contribution in [-0.4, -0.2) is 42.3 Å². The maximum absolute atomic E-state index is 12.4. The van der Waals surface area contributed by atoms with Crippen molar-refractivity contribution < 1.29 is 29.1 Å². The van der Waals surface area contributed by atoms with E-state index in [-0.39, 0.29) is 32.0 Å². The normalized spacial score (nSPS) is 12.7. The number of aliphatic carboxylic acids is 1. The highest BCUT2D eigenvalue weighted by molar-refractivity contribution is 5.85. The fourth-order valence-corrected chi connectivity index (χ4v) is 3.54. The van der Waals surface area contributed by atoms with Crippen molar-refractivity contribution in [3.8, 4) is 23.5 Å². The van der Waals surface area contributed by atoms with Crippen molar-refractivity contribution in [3.63, 3.8) is 0 Å². The molecule has 8 heteroatoms. The van der Waals surface area contributed by atoms with Crippen LogP contribution in [0.5, 0.6) is 0 Å². The van der Waals surface area contributed by atoms with Crippen LogP contribution in [0.2, 0.25) is 0 Å². The SMILES string of the molecule is C#CCONC(=O)C(CCC(=O)O)NC(=O)OCC1c2ccccc2-c2ccccc21. The molecule has 3 N–H and O–H groups in total. The number of terminal acetylenes is 1. The van der Waals surface area contributed by atoms with E-state index >= 15 is 0 Å². The summed E-state index contributed by atoms with van der Waals surface area (Å²) in [5, 5.41) is 11.3. The number of carboxylic acids is 1. The largest absolute Gasteiger partial charge is 0.481 e. The quantitative estimate of drug-likeness (QED) is 0.325. The molecular weight excluding hydrogens is 400 g/mol. The van der Waals surface area contributed by atoms with Crippen LogP contribution in [0.3, 0.4) is 0 Å². The van der Waals surface area contributed by atoms with Gasteiger partial charge in [0.05, 0.1) is 0 Å². The number of benzene rings is 2. The monoisotopic (exact) mass is 422 g/mol. The zero-order chi connectivity index (χ0) is 22.2. The lowest BCUT2D eigenvalue weighted by atomic mass is 9.98. The molecule has 0 aromatic heterocycles. The Morgan fingerprint density at radius 1 is 1.06 bits per heavy atom. The molecule has 1 atom stereocenters. The summed E-state index contributed by atoms with van der Waals surface area (Å²) in [6, 6.07) is 14.7. The van der Waals surface area contributed by atoms with Gasteiger partial charge in [-0.3, -0.25) is 14.4 Å². The summed E-state index contributed by atoms with van der Waals surface area (Å²) in [4.78, 5) is 40.2. The number of amides is 2. The minimum Gasteiger partial charge on any atom is -0.481 e. The molecule has 1 aliphatic rings. The number of carbonyl (C=O) groups excluding carboxylic acids is 2. The summed E-state index contributed by atoms with van der Waals surface area (Å²) >= 11 is 0. The first kappa shape index (κ1) is 21.9. The van der Waals surface area contributed by atoms with Crippen LogP contribution >= 0.6 is 0 Å². The average molecular weight is 422 g/mol. The Balaban J connectivity index is 1.64. The molecule has 2 aromatic rings. The zero-order valence-corrected chi connectivity index (χ0v) is 16.7. The number of ether oxygens (including phenoxy) is 1. The Kier molecular flexibility index (Phi) is 7.25. The maximum Gasteiger partial charge on any atom is 0.407 e. The fraction of sp³-hybridized carbons (Fsp3) is 0.261. The first-order valence-corrected chi connectivity index (χ1v) is 9.69. The summed E-state index contributed by atoms with van der Waals surface area (Å²) in [6.07, 6.45) is 3.76. The standard InChI is InChI=1S/C23H22N2O6/c1-2-13-31-25-22(28)20(11-12-21(26)27)24-23(29)30-14-19-17-9-5-3-7-15(17)16-8-4-6-10-18(16)19/h1,3-10,19-20H,11-14H2,(H,24,29)(H,25,28)(H,26,27). The Morgan fingerprint density at radius 3 is 2.26 bits per heavy atom. The first-order valence-electron chi connectivity index (χ1n) is 9.69. The molecule has 0 saturated heterocycles. The summed E-state index contributed by atoms with van der Waals surface area (Å²) in [5.74, 6) is 0.224. The summed E-state index contributed by atoms with van der Waals surface area (Å²) in [7, 11) is 0. The number of fused-ring (bicyclic) bond motifs is 3. The molecule has 0 heterocycles. The molecule has 1 aliphatic carbocycles. The number of rotatable bonds is 9. The van der Waals surface area contributed by atoms with Crippen molar-refractivity contribution >= 4 is 18.0 Å². The van der Waals surface area contributed by atoms with E-state index in [1.807, 2.05) is 48.5 Å². The minimum absolute atomic E-state index is 0.0702. The molecule has 3 rings (SSSR count). The first-order chi connectivity index (χ1) is 15.0. The Labute approximate surface area is 179 Å². The van der Waals surface area contributed by atoms with E-state index in [0.717, 1.165) is 22.3 Å². The summed E-state index contributed by atoms with van der Waals surface area (Å²) < 4.78 is 5.40. The minimum atomic E-state index is -1.15.